The Morgan fingerprint density at radius 3 is 2.92 bits per heavy atom. The lowest BCUT2D eigenvalue weighted by Gasteiger charge is -2.33. The number of carbonyl (C=O) groups is 1. The quantitative estimate of drug-likeness (QED) is 0.768. The first kappa shape index (κ1) is 17.5. The Labute approximate surface area is 147 Å². The Morgan fingerprint density at radius 2 is 2.17 bits per heavy atom. The van der Waals surface area contributed by atoms with E-state index in [-0.39, 0.29) is 12.0 Å². The first-order valence-electron chi connectivity index (χ1n) is 8.31. The third-order valence-corrected chi connectivity index (χ3v) is 4.78. The van der Waals surface area contributed by atoms with Crippen LogP contribution in [0.5, 0.6) is 5.75 Å². The van der Waals surface area contributed by atoms with E-state index in [1.807, 2.05) is 12.1 Å². The van der Waals surface area contributed by atoms with E-state index >= 15 is 0 Å². The van der Waals surface area contributed by atoms with E-state index in [1.54, 1.807) is 12.1 Å². The summed E-state index contributed by atoms with van der Waals surface area (Å²) in [4.78, 5) is 16.5. The average Bonchev–Trinajstić information content (AvgIpc) is 2.97. The zero-order valence-electron chi connectivity index (χ0n) is 13.9. The Hall–Kier alpha value is -1.34. The number of hydrogen-bond acceptors (Lipinski definition) is 5. The first-order valence-corrected chi connectivity index (χ1v) is 8.69. The molecule has 0 unspecified atom stereocenters. The van der Waals surface area contributed by atoms with Gasteiger partial charge in [0.25, 0.3) is 0 Å². The summed E-state index contributed by atoms with van der Waals surface area (Å²) in [6, 6.07) is 7.59. The lowest BCUT2D eigenvalue weighted by Crippen LogP contribution is -2.48. The molecule has 0 radical (unpaired) electrons. The van der Waals surface area contributed by atoms with Crippen molar-refractivity contribution in [3.05, 3.63) is 29.3 Å². The Bertz CT molecular complexity index is 555. The highest BCUT2D eigenvalue weighted by molar-refractivity contribution is 6.30. The third kappa shape index (κ3) is 4.60. The molecule has 132 valence electrons. The fourth-order valence-electron chi connectivity index (χ4n) is 3.21. The van der Waals surface area contributed by atoms with Crippen LogP contribution in [0.15, 0.2) is 24.3 Å². The number of rotatable bonds is 6. The van der Waals surface area contributed by atoms with E-state index in [2.05, 4.69) is 22.2 Å². The SMILES string of the molecule is CN1CCO[C@H]2CN(CC(=O)NCCOc3ccc(Cl)cc3)C[C@H]21. The number of benzene rings is 1. The topological polar surface area (TPSA) is 54.0 Å². The van der Waals surface area contributed by atoms with Crippen LogP contribution in [0.1, 0.15) is 0 Å². The van der Waals surface area contributed by atoms with E-state index in [9.17, 15) is 4.79 Å². The number of nitrogens with zero attached hydrogens (tertiary/aromatic N) is 2. The first-order chi connectivity index (χ1) is 11.6. The van der Waals surface area contributed by atoms with Crippen LogP contribution in [0.25, 0.3) is 0 Å². The molecule has 3 rings (SSSR count). The van der Waals surface area contributed by atoms with Gasteiger partial charge in [0.2, 0.25) is 5.91 Å². The van der Waals surface area contributed by atoms with Gasteiger partial charge >= 0.3 is 0 Å². The molecule has 24 heavy (non-hydrogen) atoms. The molecule has 1 aromatic carbocycles. The van der Waals surface area contributed by atoms with Crippen LogP contribution < -0.4 is 10.1 Å². The minimum absolute atomic E-state index is 0.0241. The van der Waals surface area contributed by atoms with Crippen LogP contribution in [0.3, 0.4) is 0 Å². The number of carbonyl (C=O) groups excluding carboxylic acids is 1. The highest BCUT2D eigenvalue weighted by Crippen LogP contribution is 2.21. The Morgan fingerprint density at radius 1 is 1.38 bits per heavy atom. The van der Waals surface area contributed by atoms with Gasteiger partial charge in [-0.3, -0.25) is 14.6 Å². The summed E-state index contributed by atoms with van der Waals surface area (Å²) in [5, 5.41) is 3.57. The van der Waals surface area contributed by atoms with E-state index in [1.165, 1.54) is 0 Å². The van der Waals surface area contributed by atoms with Gasteiger partial charge in [0.1, 0.15) is 12.4 Å². The second-order valence-electron chi connectivity index (χ2n) is 6.30. The van der Waals surface area contributed by atoms with Gasteiger partial charge in [-0.15, -0.1) is 0 Å². The number of likely N-dealkylation sites (tertiary alicyclic amines) is 1. The average molecular weight is 354 g/mol. The molecule has 6 nitrogen and oxygen atoms in total. The highest BCUT2D eigenvalue weighted by atomic mass is 35.5. The number of amides is 1. The summed E-state index contributed by atoms with van der Waals surface area (Å²) in [6.45, 7) is 4.77. The maximum Gasteiger partial charge on any atom is 0.234 e. The normalized spacial score (nSPS) is 24.6. The van der Waals surface area contributed by atoms with Crippen molar-refractivity contribution < 1.29 is 14.3 Å². The predicted molar refractivity (Wildman–Crippen MR) is 92.6 cm³/mol. The van der Waals surface area contributed by atoms with Gasteiger partial charge in [-0.25, -0.2) is 0 Å². The van der Waals surface area contributed by atoms with Gasteiger partial charge in [-0.2, -0.15) is 0 Å². The van der Waals surface area contributed by atoms with Crippen LogP contribution in [-0.2, 0) is 9.53 Å². The van der Waals surface area contributed by atoms with E-state index < -0.39 is 0 Å². The van der Waals surface area contributed by atoms with Crippen LogP contribution in [0, 0.1) is 0 Å². The Kier molecular flexibility index (Phi) is 5.94. The molecule has 0 aliphatic carbocycles. The highest BCUT2D eigenvalue weighted by Gasteiger charge is 2.38. The lowest BCUT2D eigenvalue weighted by atomic mass is 10.1. The van der Waals surface area contributed by atoms with Crippen LogP contribution in [0.4, 0.5) is 0 Å². The van der Waals surface area contributed by atoms with Gasteiger partial charge in [-0.05, 0) is 31.3 Å². The molecular weight excluding hydrogens is 330 g/mol. The summed E-state index contributed by atoms with van der Waals surface area (Å²) in [6.07, 6.45) is 0.227. The van der Waals surface area contributed by atoms with E-state index in [4.69, 9.17) is 21.1 Å². The molecular formula is C17H24ClN3O3. The van der Waals surface area contributed by atoms with Gasteiger partial charge in [0.15, 0.2) is 0 Å². The number of likely N-dealkylation sites (N-methyl/N-ethyl adjacent to an activating group) is 1. The molecule has 0 bridgehead atoms. The largest absolute Gasteiger partial charge is 0.492 e. The monoisotopic (exact) mass is 353 g/mol. The number of fused-ring (bicyclic) bond motifs is 1. The van der Waals surface area contributed by atoms with Crippen molar-refractivity contribution in [3.8, 4) is 5.75 Å². The molecule has 2 heterocycles. The smallest absolute Gasteiger partial charge is 0.234 e. The fourth-order valence-corrected chi connectivity index (χ4v) is 3.34. The second kappa shape index (κ2) is 8.16. The molecule has 1 aromatic rings. The molecule has 0 aromatic heterocycles. The zero-order valence-corrected chi connectivity index (χ0v) is 14.7. The van der Waals surface area contributed by atoms with Gasteiger partial charge in [0.05, 0.1) is 25.8 Å². The third-order valence-electron chi connectivity index (χ3n) is 4.53. The summed E-state index contributed by atoms with van der Waals surface area (Å²) < 4.78 is 11.4. The molecule has 2 saturated heterocycles. The summed E-state index contributed by atoms with van der Waals surface area (Å²) in [7, 11) is 2.12. The molecule has 0 saturated carbocycles. The molecule has 0 spiro atoms. The number of hydrogen-bond donors (Lipinski definition) is 1. The van der Waals surface area contributed by atoms with Gasteiger partial charge < -0.3 is 14.8 Å². The van der Waals surface area contributed by atoms with Crippen LogP contribution >= 0.6 is 11.6 Å². The van der Waals surface area contributed by atoms with Gasteiger partial charge in [0, 0.05) is 30.7 Å². The number of nitrogens with one attached hydrogen (secondary N) is 1. The van der Waals surface area contributed by atoms with Crippen molar-refractivity contribution in [2.24, 2.45) is 0 Å². The number of halogens is 1. The van der Waals surface area contributed by atoms with Crippen molar-refractivity contribution in [2.75, 3.05) is 53.0 Å². The summed E-state index contributed by atoms with van der Waals surface area (Å²) in [5.41, 5.74) is 0. The van der Waals surface area contributed by atoms with Crippen molar-refractivity contribution in [2.45, 2.75) is 12.1 Å². The summed E-state index contributed by atoms with van der Waals surface area (Å²) >= 11 is 5.82. The van der Waals surface area contributed by atoms with Gasteiger partial charge in [-0.1, -0.05) is 11.6 Å². The fraction of sp³-hybridized carbons (Fsp3) is 0.588. The standard InChI is InChI=1S/C17H24ClN3O3/c1-20-7-9-24-16-11-21(10-15(16)20)12-17(22)19-6-8-23-14-4-2-13(18)3-5-14/h2-5,15-16H,6-12H2,1H3,(H,19,22)/t15-,16+/m1/s1. The number of morpholine rings is 1. The lowest BCUT2D eigenvalue weighted by molar-refractivity contribution is -0.122. The second-order valence-corrected chi connectivity index (χ2v) is 6.74. The van der Waals surface area contributed by atoms with Crippen molar-refractivity contribution >= 4 is 17.5 Å². The molecule has 1 amide bonds. The number of ether oxygens (including phenoxy) is 2. The molecule has 7 heteroatoms. The molecule has 2 aliphatic rings. The zero-order chi connectivity index (χ0) is 16.9. The summed E-state index contributed by atoms with van der Waals surface area (Å²) in [5.74, 6) is 0.772. The molecule has 2 aliphatic heterocycles. The predicted octanol–water partition coefficient (Wildman–Crippen LogP) is 0.850. The maximum atomic E-state index is 12.1. The molecule has 2 fully saturated rings. The van der Waals surface area contributed by atoms with Crippen LogP contribution in [0.2, 0.25) is 5.02 Å². The Balaban J connectivity index is 1.33. The van der Waals surface area contributed by atoms with E-state index in [0.717, 1.165) is 32.0 Å². The maximum absolute atomic E-state index is 12.1. The van der Waals surface area contributed by atoms with Crippen molar-refractivity contribution in [1.29, 1.82) is 0 Å². The van der Waals surface area contributed by atoms with Crippen LogP contribution in [-0.4, -0.2) is 80.8 Å². The minimum Gasteiger partial charge on any atom is -0.492 e. The van der Waals surface area contributed by atoms with E-state index in [0.29, 0.717) is 30.8 Å². The van der Waals surface area contributed by atoms with Crippen molar-refractivity contribution in [3.63, 3.8) is 0 Å². The minimum atomic E-state index is 0.0241. The van der Waals surface area contributed by atoms with Crippen molar-refractivity contribution in [1.82, 2.24) is 15.1 Å². The molecule has 1 N–H and O–H groups in total. The molecule has 2 atom stereocenters.